The summed E-state index contributed by atoms with van der Waals surface area (Å²) in [5, 5.41) is 0. The molecule has 2 rings (SSSR count). The Labute approximate surface area is 119 Å². The number of hydrogen-bond acceptors (Lipinski definition) is 4. The zero-order chi connectivity index (χ0) is 14.7. The van der Waals surface area contributed by atoms with Gasteiger partial charge in [0.2, 0.25) is 11.8 Å². The molecule has 2 fully saturated rings. The summed E-state index contributed by atoms with van der Waals surface area (Å²) >= 11 is 0. The summed E-state index contributed by atoms with van der Waals surface area (Å²) in [7, 11) is 2.83. The Bertz CT molecular complexity index is 399. The Morgan fingerprint density at radius 2 is 1.75 bits per heavy atom. The Morgan fingerprint density at radius 3 is 2.30 bits per heavy atom. The summed E-state index contributed by atoms with van der Waals surface area (Å²) < 4.78 is 4.67. The summed E-state index contributed by atoms with van der Waals surface area (Å²) in [4.78, 5) is 37.3. The summed E-state index contributed by atoms with van der Waals surface area (Å²) in [5.41, 5.74) is 0. The van der Waals surface area contributed by atoms with Crippen LogP contribution in [0.4, 0.5) is 0 Å². The maximum absolute atomic E-state index is 12.4. The van der Waals surface area contributed by atoms with Crippen LogP contribution in [0, 0.1) is 17.8 Å². The maximum Gasteiger partial charge on any atom is 0.306 e. The van der Waals surface area contributed by atoms with Crippen LogP contribution in [0.15, 0.2) is 0 Å². The van der Waals surface area contributed by atoms with Crippen molar-refractivity contribution in [2.24, 2.45) is 17.8 Å². The van der Waals surface area contributed by atoms with Gasteiger partial charge < -0.3 is 4.74 Å². The molecule has 0 unspecified atom stereocenters. The first-order valence-corrected chi connectivity index (χ1v) is 7.44. The van der Waals surface area contributed by atoms with E-state index in [2.05, 4.69) is 4.74 Å². The number of imide groups is 1. The van der Waals surface area contributed by atoms with Crippen molar-refractivity contribution in [2.45, 2.75) is 44.9 Å². The molecule has 0 spiro atoms. The van der Waals surface area contributed by atoms with Gasteiger partial charge >= 0.3 is 5.97 Å². The van der Waals surface area contributed by atoms with Gasteiger partial charge in [-0.3, -0.25) is 19.3 Å². The second kappa shape index (κ2) is 6.37. The molecule has 1 saturated heterocycles. The SMILES string of the molecule is COC(=O)C[C@@H]1C(=O)N(C)C(=O)[C@H]1C1CCCCCC1. The molecule has 0 N–H and O–H groups in total. The van der Waals surface area contributed by atoms with Gasteiger partial charge in [-0.05, 0) is 18.8 Å². The number of methoxy groups -OCH3 is 1. The molecule has 0 bridgehead atoms. The van der Waals surface area contributed by atoms with Crippen molar-refractivity contribution in [1.82, 2.24) is 4.90 Å². The van der Waals surface area contributed by atoms with Crippen LogP contribution in [0.1, 0.15) is 44.9 Å². The summed E-state index contributed by atoms with van der Waals surface area (Å²) in [6, 6.07) is 0. The van der Waals surface area contributed by atoms with E-state index in [9.17, 15) is 14.4 Å². The summed E-state index contributed by atoms with van der Waals surface area (Å²) in [6.45, 7) is 0. The normalized spacial score (nSPS) is 28.6. The van der Waals surface area contributed by atoms with Crippen LogP contribution in [0.3, 0.4) is 0 Å². The molecule has 1 aliphatic heterocycles. The lowest BCUT2D eigenvalue weighted by Crippen LogP contribution is -2.29. The molecule has 0 radical (unpaired) electrons. The van der Waals surface area contributed by atoms with Crippen LogP contribution >= 0.6 is 0 Å². The van der Waals surface area contributed by atoms with Crippen LogP contribution in [0.5, 0.6) is 0 Å². The molecule has 20 heavy (non-hydrogen) atoms. The van der Waals surface area contributed by atoms with Crippen molar-refractivity contribution in [2.75, 3.05) is 14.2 Å². The standard InChI is InChI=1S/C15H23NO4/c1-16-14(18)11(9-12(17)20-2)13(15(16)19)10-7-5-3-4-6-8-10/h10-11,13H,3-9H2,1-2H3/t11-,13-/m0/s1. The number of esters is 1. The highest BCUT2D eigenvalue weighted by Gasteiger charge is 2.49. The minimum Gasteiger partial charge on any atom is -0.469 e. The third kappa shape index (κ3) is 2.86. The van der Waals surface area contributed by atoms with Gasteiger partial charge in [0, 0.05) is 7.05 Å². The topological polar surface area (TPSA) is 63.7 Å². The molecule has 2 aliphatic rings. The number of rotatable bonds is 3. The van der Waals surface area contributed by atoms with Gasteiger partial charge in [-0.2, -0.15) is 0 Å². The van der Waals surface area contributed by atoms with E-state index in [1.807, 2.05) is 0 Å². The van der Waals surface area contributed by atoms with Crippen molar-refractivity contribution in [1.29, 1.82) is 0 Å². The average molecular weight is 281 g/mol. The highest BCUT2D eigenvalue weighted by atomic mass is 16.5. The molecule has 5 nitrogen and oxygen atoms in total. The predicted molar refractivity (Wildman–Crippen MR) is 72.6 cm³/mol. The lowest BCUT2D eigenvalue weighted by molar-refractivity contribution is -0.145. The number of nitrogens with zero attached hydrogens (tertiary/aromatic N) is 1. The molecule has 1 heterocycles. The minimum atomic E-state index is -0.525. The molecule has 0 aromatic rings. The van der Waals surface area contributed by atoms with Crippen LogP contribution in [0.2, 0.25) is 0 Å². The fourth-order valence-electron chi connectivity index (χ4n) is 3.58. The third-order valence-corrected chi connectivity index (χ3v) is 4.72. The van der Waals surface area contributed by atoms with E-state index in [4.69, 9.17) is 0 Å². The molecule has 2 atom stereocenters. The van der Waals surface area contributed by atoms with Crippen LogP contribution < -0.4 is 0 Å². The number of carbonyl (C=O) groups excluding carboxylic acids is 3. The third-order valence-electron chi connectivity index (χ3n) is 4.72. The number of likely N-dealkylation sites (tertiary alicyclic amines) is 1. The van der Waals surface area contributed by atoms with E-state index in [-0.39, 0.29) is 30.1 Å². The zero-order valence-electron chi connectivity index (χ0n) is 12.3. The Hall–Kier alpha value is -1.39. The second-order valence-corrected chi connectivity index (χ2v) is 5.90. The second-order valence-electron chi connectivity index (χ2n) is 5.90. The van der Waals surface area contributed by atoms with E-state index in [0.717, 1.165) is 25.7 Å². The Balaban J connectivity index is 2.18. The van der Waals surface area contributed by atoms with Crippen molar-refractivity contribution < 1.29 is 19.1 Å². The summed E-state index contributed by atoms with van der Waals surface area (Å²) in [6.07, 6.45) is 6.59. The number of hydrogen-bond donors (Lipinski definition) is 0. The molecular weight excluding hydrogens is 258 g/mol. The van der Waals surface area contributed by atoms with E-state index < -0.39 is 11.9 Å². The molecule has 5 heteroatoms. The molecule has 0 aromatic heterocycles. The maximum atomic E-state index is 12.4. The van der Waals surface area contributed by atoms with Crippen LogP contribution in [-0.4, -0.2) is 36.8 Å². The average Bonchev–Trinajstić information content (AvgIpc) is 2.68. The minimum absolute atomic E-state index is 0.0204. The number of amides is 2. The first-order chi connectivity index (χ1) is 9.56. The van der Waals surface area contributed by atoms with Gasteiger partial charge in [-0.15, -0.1) is 0 Å². The first kappa shape index (κ1) is 15.0. The van der Waals surface area contributed by atoms with Gasteiger partial charge in [-0.25, -0.2) is 0 Å². The Morgan fingerprint density at radius 1 is 1.15 bits per heavy atom. The highest BCUT2D eigenvalue weighted by Crippen LogP contribution is 2.40. The Kier molecular flexibility index (Phi) is 4.78. The molecule has 1 aliphatic carbocycles. The van der Waals surface area contributed by atoms with Gasteiger partial charge in [-0.1, -0.05) is 25.7 Å². The van der Waals surface area contributed by atoms with E-state index in [1.54, 1.807) is 0 Å². The van der Waals surface area contributed by atoms with E-state index in [1.165, 1.54) is 31.9 Å². The van der Waals surface area contributed by atoms with Crippen LogP contribution in [0.25, 0.3) is 0 Å². The molecule has 2 amide bonds. The monoisotopic (exact) mass is 281 g/mol. The molecule has 1 saturated carbocycles. The highest BCUT2D eigenvalue weighted by molar-refractivity contribution is 6.06. The van der Waals surface area contributed by atoms with Crippen molar-refractivity contribution in [3.63, 3.8) is 0 Å². The lowest BCUT2D eigenvalue weighted by Gasteiger charge is -2.23. The summed E-state index contributed by atoms with van der Waals surface area (Å²) in [5.74, 6) is -1.38. The fourth-order valence-corrected chi connectivity index (χ4v) is 3.58. The number of ether oxygens (including phenoxy) is 1. The van der Waals surface area contributed by atoms with E-state index in [0.29, 0.717) is 0 Å². The predicted octanol–water partition coefficient (Wildman–Crippen LogP) is 1.75. The quantitative estimate of drug-likeness (QED) is 0.449. The van der Waals surface area contributed by atoms with Crippen molar-refractivity contribution in [3.05, 3.63) is 0 Å². The largest absolute Gasteiger partial charge is 0.469 e. The molecule has 112 valence electrons. The van der Waals surface area contributed by atoms with Gasteiger partial charge in [0.25, 0.3) is 0 Å². The first-order valence-electron chi connectivity index (χ1n) is 7.44. The smallest absolute Gasteiger partial charge is 0.306 e. The zero-order valence-corrected chi connectivity index (χ0v) is 12.3. The van der Waals surface area contributed by atoms with Crippen LogP contribution in [-0.2, 0) is 19.1 Å². The number of carbonyl (C=O) groups is 3. The van der Waals surface area contributed by atoms with Gasteiger partial charge in [0.05, 0.1) is 25.4 Å². The molecular formula is C15H23NO4. The fraction of sp³-hybridized carbons (Fsp3) is 0.800. The van der Waals surface area contributed by atoms with Gasteiger partial charge in [0.1, 0.15) is 0 Å². The van der Waals surface area contributed by atoms with Gasteiger partial charge in [0.15, 0.2) is 0 Å². The molecule has 0 aromatic carbocycles. The lowest BCUT2D eigenvalue weighted by atomic mass is 9.78. The van der Waals surface area contributed by atoms with Crippen molar-refractivity contribution >= 4 is 17.8 Å². The van der Waals surface area contributed by atoms with Crippen molar-refractivity contribution in [3.8, 4) is 0 Å². The van der Waals surface area contributed by atoms with E-state index >= 15 is 0 Å².